The molecule has 3 heterocycles. The van der Waals surface area contributed by atoms with Crippen molar-refractivity contribution in [3.63, 3.8) is 0 Å². The maximum absolute atomic E-state index is 12.9. The van der Waals surface area contributed by atoms with Gasteiger partial charge in [-0.2, -0.15) is 0 Å². The molecule has 0 aliphatic rings. The standard InChI is InChI=1S/C20H24N4O5S/c1-6-28-19(26)13-7-8-29-14(13)10-30-17-15-16(21-12(4)22-17)24(9-11(2)3)20(27)23(5)18(15)25/h7-8,11H,6,9-10H2,1-5H3. The third-order valence-corrected chi connectivity index (χ3v) is 5.36. The zero-order valence-corrected chi connectivity index (χ0v) is 18.4. The number of thioether (sulfide) groups is 1. The molecule has 0 fully saturated rings. The zero-order chi connectivity index (χ0) is 22.0. The predicted molar refractivity (Wildman–Crippen MR) is 113 cm³/mol. The fraction of sp³-hybridized carbons (Fsp3) is 0.450. The molecule has 10 heteroatoms. The summed E-state index contributed by atoms with van der Waals surface area (Å²) in [6, 6.07) is 1.55. The second-order valence-electron chi connectivity index (χ2n) is 7.19. The lowest BCUT2D eigenvalue weighted by Gasteiger charge is -2.15. The Morgan fingerprint density at radius 1 is 1.30 bits per heavy atom. The van der Waals surface area contributed by atoms with Gasteiger partial charge < -0.3 is 9.15 Å². The fourth-order valence-corrected chi connectivity index (χ4v) is 4.06. The van der Waals surface area contributed by atoms with Gasteiger partial charge in [-0.25, -0.2) is 19.6 Å². The molecule has 0 unspecified atom stereocenters. The molecule has 30 heavy (non-hydrogen) atoms. The van der Waals surface area contributed by atoms with E-state index in [0.717, 1.165) is 4.57 Å². The summed E-state index contributed by atoms with van der Waals surface area (Å²) in [7, 11) is 1.45. The molecule has 3 aromatic heterocycles. The van der Waals surface area contributed by atoms with Crippen molar-refractivity contribution in [1.29, 1.82) is 0 Å². The molecular weight excluding hydrogens is 408 g/mol. The minimum absolute atomic E-state index is 0.185. The molecule has 0 aromatic carbocycles. The number of esters is 1. The van der Waals surface area contributed by atoms with Crippen LogP contribution in [0.25, 0.3) is 11.0 Å². The Balaban J connectivity index is 2.09. The van der Waals surface area contributed by atoms with Gasteiger partial charge in [0, 0.05) is 13.6 Å². The molecule has 0 bridgehead atoms. The van der Waals surface area contributed by atoms with E-state index in [0.29, 0.717) is 34.4 Å². The smallest absolute Gasteiger partial charge is 0.341 e. The van der Waals surface area contributed by atoms with Crippen molar-refractivity contribution in [1.82, 2.24) is 19.1 Å². The summed E-state index contributed by atoms with van der Waals surface area (Å²) in [5, 5.41) is 0.708. The Hall–Kier alpha value is -2.88. The number of furan rings is 1. The number of aromatic nitrogens is 4. The lowest BCUT2D eigenvalue weighted by Crippen LogP contribution is -2.39. The Labute approximate surface area is 177 Å². The predicted octanol–water partition coefficient (Wildman–Crippen LogP) is 2.52. The molecule has 0 saturated carbocycles. The van der Waals surface area contributed by atoms with Crippen LogP contribution in [0.5, 0.6) is 0 Å². The van der Waals surface area contributed by atoms with Crippen LogP contribution in [0.4, 0.5) is 0 Å². The van der Waals surface area contributed by atoms with Crippen molar-refractivity contribution in [3.8, 4) is 0 Å². The van der Waals surface area contributed by atoms with Gasteiger partial charge >= 0.3 is 11.7 Å². The van der Waals surface area contributed by atoms with Crippen LogP contribution in [-0.2, 0) is 24.1 Å². The highest BCUT2D eigenvalue weighted by Crippen LogP contribution is 2.28. The van der Waals surface area contributed by atoms with Gasteiger partial charge in [0.25, 0.3) is 5.56 Å². The van der Waals surface area contributed by atoms with Gasteiger partial charge in [-0.15, -0.1) is 0 Å². The highest BCUT2D eigenvalue weighted by molar-refractivity contribution is 7.98. The van der Waals surface area contributed by atoms with E-state index in [4.69, 9.17) is 9.15 Å². The largest absolute Gasteiger partial charge is 0.468 e. The highest BCUT2D eigenvalue weighted by Gasteiger charge is 2.21. The Morgan fingerprint density at radius 3 is 2.70 bits per heavy atom. The molecule has 3 rings (SSSR count). The molecule has 9 nitrogen and oxygen atoms in total. The van der Waals surface area contributed by atoms with Gasteiger partial charge in [-0.3, -0.25) is 13.9 Å². The minimum Gasteiger partial charge on any atom is -0.468 e. The van der Waals surface area contributed by atoms with Crippen molar-refractivity contribution in [2.45, 2.75) is 45.0 Å². The molecular formula is C20H24N4O5S. The lowest BCUT2D eigenvalue weighted by atomic mass is 10.2. The van der Waals surface area contributed by atoms with E-state index >= 15 is 0 Å². The number of rotatable bonds is 7. The molecule has 0 saturated heterocycles. The van der Waals surface area contributed by atoms with E-state index in [2.05, 4.69) is 9.97 Å². The van der Waals surface area contributed by atoms with Crippen molar-refractivity contribution in [2.75, 3.05) is 6.61 Å². The molecule has 0 spiro atoms. The Morgan fingerprint density at radius 2 is 2.03 bits per heavy atom. The zero-order valence-electron chi connectivity index (χ0n) is 17.6. The first-order valence-corrected chi connectivity index (χ1v) is 10.6. The monoisotopic (exact) mass is 432 g/mol. The molecule has 0 aliphatic heterocycles. The number of carbonyl (C=O) groups is 1. The number of hydrogen-bond donors (Lipinski definition) is 0. The van der Waals surface area contributed by atoms with Gasteiger partial charge in [0.15, 0.2) is 5.65 Å². The van der Waals surface area contributed by atoms with Crippen LogP contribution in [0.2, 0.25) is 0 Å². The van der Waals surface area contributed by atoms with E-state index in [1.54, 1.807) is 19.9 Å². The normalized spacial score (nSPS) is 11.4. The lowest BCUT2D eigenvalue weighted by molar-refractivity contribution is 0.0524. The first-order chi connectivity index (χ1) is 14.2. The van der Waals surface area contributed by atoms with Crippen LogP contribution in [0.3, 0.4) is 0 Å². The molecule has 0 amide bonds. The van der Waals surface area contributed by atoms with Gasteiger partial charge in [0.2, 0.25) is 0 Å². The number of carbonyl (C=O) groups excluding carboxylic acids is 1. The summed E-state index contributed by atoms with van der Waals surface area (Å²) in [6.45, 7) is 8.10. The van der Waals surface area contributed by atoms with Crippen LogP contribution < -0.4 is 11.2 Å². The van der Waals surface area contributed by atoms with Crippen molar-refractivity contribution in [3.05, 3.63) is 50.3 Å². The van der Waals surface area contributed by atoms with Crippen molar-refractivity contribution >= 4 is 28.8 Å². The van der Waals surface area contributed by atoms with Gasteiger partial charge in [0.05, 0.1) is 18.6 Å². The van der Waals surface area contributed by atoms with Crippen LogP contribution in [0, 0.1) is 12.8 Å². The summed E-state index contributed by atoms with van der Waals surface area (Å²) in [4.78, 5) is 46.5. The Kier molecular flexibility index (Phi) is 6.45. The third kappa shape index (κ3) is 4.18. The molecule has 0 N–H and O–H groups in total. The summed E-state index contributed by atoms with van der Waals surface area (Å²) < 4.78 is 13.1. The fourth-order valence-electron chi connectivity index (χ4n) is 3.05. The van der Waals surface area contributed by atoms with Gasteiger partial charge in [-0.05, 0) is 25.8 Å². The van der Waals surface area contributed by atoms with Gasteiger partial charge in [0.1, 0.15) is 27.6 Å². The van der Waals surface area contributed by atoms with Crippen molar-refractivity contribution < 1.29 is 13.9 Å². The maximum Gasteiger partial charge on any atom is 0.341 e. The molecule has 160 valence electrons. The van der Waals surface area contributed by atoms with E-state index in [1.807, 2.05) is 13.8 Å². The SMILES string of the molecule is CCOC(=O)c1ccoc1CSc1nc(C)nc2c1c(=O)n(C)c(=O)n2CC(C)C. The first-order valence-electron chi connectivity index (χ1n) is 9.59. The third-order valence-electron chi connectivity index (χ3n) is 4.39. The second kappa shape index (κ2) is 8.86. The Bertz CT molecular complexity index is 1210. The summed E-state index contributed by atoms with van der Waals surface area (Å²) in [6.07, 6.45) is 1.42. The molecule has 0 radical (unpaired) electrons. The maximum atomic E-state index is 12.9. The minimum atomic E-state index is -0.465. The first kappa shape index (κ1) is 21.8. The summed E-state index contributed by atoms with van der Waals surface area (Å²) in [5.74, 6) is 0.854. The molecule has 0 aliphatic carbocycles. The molecule has 3 aromatic rings. The van der Waals surface area contributed by atoms with E-state index in [-0.39, 0.29) is 23.7 Å². The number of nitrogens with zero attached hydrogens (tertiary/aromatic N) is 4. The number of hydrogen-bond acceptors (Lipinski definition) is 8. The van der Waals surface area contributed by atoms with Crippen LogP contribution in [-0.4, -0.2) is 31.7 Å². The van der Waals surface area contributed by atoms with Crippen LogP contribution >= 0.6 is 11.8 Å². The summed E-state index contributed by atoms with van der Waals surface area (Å²) >= 11 is 1.25. The van der Waals surface area contributed by atoms with Gasteiger partial charge in [-0.1, -0.05) is 25.6 Å². The average Bonchev–Trinajstić information content (AvgIpc) is 3.16. The number of aryl methyl sites for hydroxylation is 1. The van der Waals surface area contributed by atoms with Crippen molar-refractivity contribution in [2.24, 2.45) is 13.0 Å². The number of ether oxygens (including phenoxy) is 1. The van der Waals surface area contributed by atoms with Crippen LogP contribution in [0.15, 0.2) is 31.4 Å². The average molecular weight is 433 g/mol. The second-order valence-corrected chi connectivity index (χ2v) is 8.16. The number of fused-ring (bicyclic) bond motifs is 1. The van der Waals surface area contributed by atoms with E-state index in [9.17, 15) is 14.4 Å². The van der Waals surface area contributed by atoms with E-state index in [1.165, 1.54) is 29.6 Å². The quantitative estimate of drug-likeness (QED) is 0.318. The van der Waals surface area contributed by atoms with Crippen LogP contribution in [0.1, 0.15) is 42.7 Å². The summed E-state index contributed by atoms with van der Waals surface area (Å²) in [5.41, 5.74) is -0.214. The topological polar surface area (TPSA) is 109 Å². The molecule has 0 atom stereocenters. The van der Waals surface area contributed by atoms with E-state index < -0.39 is 17.2 Å². The highest BCUT2D eigenvalue weighted by atomic mass is 32.2.